The van der Waals surface area contributed by atoms with Crippen LogP contribution >= 0.6 is 11.3 Å². The molecule has 10 heteroatoms. The highest BCUT2D eigenvalue weighted by Crippen LogP contribution is 2.39. The number of aromatic nitrogens is 2. The molecule has 1 aromatic carbocycles. The van der Waals surface area contributed by atoms with Gasteiger partial charge in [0.25, 0.3) is 5.56 Å². The number of ether oxygens (including phenoxy) is 1. The topological polar surface area (TPSA) is 88.0 Å². The Morgan fingerprint density at radius 2 is 1.83 bits per heavy atom. The van der Waals surface area contributed by atoms with Gasteiger partial charge in [0.2, 0.25) is 11.8 Å². The number of anilines is 2. The third-order valence-electron chi connectivity index (χ3n) is 7.93. The average Bonchev–Trinajstić information content (AvgIpc) is 3.46. The molecule has 0 N–H and O–H groups in total. The van der Waals surface area contributed by atoms with E-state index in [0.29, 0.717) is 45.0 Å². The van der Waals surface area contributed by atoms with Crippen LogP contribution in [-0.2, 0) is 40.6 Å². The predicted octanol–water partition coefficient (Wildman–Crippen LogP) is 4.66. The van der Waals surface area contributed by atoms with E-state index in [4.69, 9.17) is 4.74 Å². The van der Waals surface area contributed by atoms with Crippen LogP contribution in [0.4, 0.5) is 11.4 Å². The highest BCUT2D eigenvalue weighted by molar-refractivity contribution is 7.17. The van der Waals surface area contributed by atoms with Crippen LogP contribution in [0.1, 0.15) is 37.6 Å². The first-order valence-electron chi connectivity index (χ1n) is 14.1. The Morgan fingerprint density at radius 1 is 1.02 bits per heavy atom. The fourth-order valence-corrected chi connectivity index (χ4v) is 6.40. The molecule has 5 rings (SSSR count). The van der Waals surface area contributed by atoms with Gasteiger partial charge in [-0.15, -0.1) is 11.3 Å². The highest BCUT2D eigenvalue weighted by Gasteiger charge is 2.45. The van der Waals surface area contributed by atoms with Gasteiger partial charge in [-0.25, -0.2) is 0 Å². The number of methoxy groups -OCH3 is 1. The van der Waals surface area contributed by atoms with Crippen molar-refractivity contribution in [2.75, 3.05) is 37.0 Å². The number of nitrogens with zero attached hydrogens (tertiary/aromatic N) is 5. The summed E-state index contributed by atoms with van der Waals surface area (Å²) in [4.78, 5) is 49.9. The lowest BCUT2D eigenvalue weighted by Crippen LogP contribution is -2.47. The van der Waals surface area contributed by atoms with Crippen molar-refractivity contribution < 1.29 is 14.3 Å². The summed E-state index contributed by atoms with van der Waals surface area (Å²) in [6, 6.07) is 13.9. The molecule has 4 aromatic rings. The number of hydrogen-bond donors (Lipinski definition) is 0. The van der Waals surface area contributed by atoms with E-state index in [0.717, 1.165) is 32.6 Å². The number of amides is 2. The zero-order valence-corrected chi connectivity index (χ0v) is 25.6. The normalized spacial score (nSPS) is 15.0. The molecule has 0 aliphatic carbocycles. The predicted molar refractivity (Wildman–Crippen MR) is 167 cm³/mol. The number of carbonyl (C=O) groups is 2. The SMILES string of the molecule is CCN1C(=O)C(C)(C)C(=O)N(C)c2cc(CN(CCn3ccc4ccsc4c3=O)Cc3cccnc3COC)ccc21. The third-order valence-corrected chi connectivity index (χ3v) is 8.85. The van der Waals surface area contributed by atoms with Gasteiger partial charge in [-0.05, 0) is 73.0 Å². The van der Waals surface area contributed by atoms with E-state index in [9.17, 15) is 14.4 Å². The van der Waals surface area contributed by atoms with Crippen LogP contribution in [0.3, 0.4) is 0 Å². The van der Waals surface area contributed by atoms with E-state index in [1.165, 1.54) is 11.3 Å². The van der Waals surface area contributed by atoms with Gasteiger partial charge in [-0.1, -0.05) is 12.1 Å². The smallest absolute Gasteiger partial charge is 0.268 e. The Balaban J connectivity index is 1.47. The second-order valence-electron chi connectivity index (χ2n) is 11.1. The maximum Gasteiger partial charge on any atom is 0.268 e. The van der Waals surface area contributed by atoms with E-state index >= 15 is 0 Å². The van der Waals surface area contributed by atoms with Crippen LogP contribution in [-0.4, -0.2) is 53.5 Å². The van der Waals surface area contributed by atoms with Gasteiger partial charge in [-0.3, -0.25) is 24.3 Å². The zero-order valence-electron chi connectivity index (χ0n) is 24.8. The van der Waals surface area contributed by atoms with E-state index in [2.05, 4.69) is 16.0 Å². The molecule has 2 amide bonds. The first-order valence-corrected chi connectivity index (χ1v) is 15.0. The van der Waals surface area contributed by atoms with E-state index in [1.807, 2.05) is 54.9 Å². The van der Waals surface area contributed by atoms with Crippen molar-refractivity contribution >= 4 is 44.6 Å². The first-order chi connectivity index (χ1) is 20.1. The van der Waals surface area contributed by atoms with Gasteiger partial charge in [0.15, 0.2) is 0 Å². The summed E-state index contributed by atoms with van der Waals surface area (Å²) in [7, 11) is 3.39. The molecule has 3 aromatic heterocycles. The quantitative estimate of drug-likeness (QED) is 0.251. The van der Waals surface area contributed by atoms with Crippen LogP contribution in [0, 0.1) is 5.41 Å². The van der Waals surface area contributed by atoms with Gasteiger partial charge in [0.05, 0.1) is 28.4 Å². The minimum Gasteiger partial charge on any atom is -0.378 e. The number of hydrogen-bond acceptors (Lipinski definition) is 7. The molecule has 0 atom stereocenters. The second-order valence-corrected chi connectivity index (χ2v) is 12.1. The molecule has 9 nitrogen and oxygen atoms in total. The van der Waals surface area contributed by atoms with Crippen LogP contribution < -0.4 is 15.4 Å². The number of carbonyl (C=O) groups excluding carboxylic acids is 2. The number of pyridine rings is 2. The van der Waals surface area contributed by atoms with Gasteiger partial charge in [0, 0.05) is 59.3 Å². The van der Waals surface area contributed by atoms with E-state index in [1.54, 1.807) is 48.6 Å². The monoisotopic (exact) mass is 587 g/mol. The van der Waals surface area contributed by atoms with E-state index < -0.39 is 5.41 Å². The molecule has 0 saturated carbocycles. The van der Waals surface area contributed by atoms with Gasteiger partial charge in [-0.2, -0.15) is 0 Å². The minimum atomic E-state index is -1.16. The van der Waals surface area contributed by atoms with Gasteiger partial charge < -0.3 is 19.1 Å². The lowest BCUT2D eigenvalue weighted by molar-refractivity contribution is -0.137. The minimum absolute atomic E-state index is 0.0148. The number of benzene rings is 1. The number of rotatable bonds is 10. The van der Waals surface area contributed by atoms with Crippen molar-refractivity contribution in [3.63, 3.8) is 0 Å². The van der Waals surface area contributed by atoms with Crippen molar-refractivity contribution in [3.05, 3.63) is 87.4 Å². The summed E-state index contributed by atoms with van der Waals surface area (Å²) in [5, 5.41) is 2.90. The van der Waals surface area contributed by atoms with Gasteiger partial charge in [0.1, 0.15) is 5.41 Å². The molecular formula is C32H37N5O4S. The summed E-state index contributed by atoms with van der Waals surface area (Å²) >= 11 is 1.46. The lowest BCUT2D eigenvalue weighted by atomic mass is 9.90. The van der Waals surface area contributed by atoms with Crippen LogP contribution in [0.2, 0.25) is 0 Å². The summed E-state index contributed by atoms with van der Waals surface area (Å²) in [5.74, 6) is -0.438. The molecule has 0 fully saturated rings. The second kappa shape index (κ2) is 12.2. The maximum atomic E-state index is 13.4. The Labute approximate surface area is 249 Å². The Bertz CT molecular complexity index is 1680. The lowest BCUT2D eigenvalue weighted by Gasteiger charge is -2.27. The van der Waals surface area contributed by atoms with Crippen molar-refractivity contribution in [1.29, 1.82) is 0 Å². The Kier molecular flexibility index (Phi) is 8.58. The molecule has 0 unspecified atom stereocenters. The zero-order chi connectivity index (χ0) is 30.0. The van der Waals surface area contributed by atoms with Crippen LogP contribution in [0.5, 0.6) is 0 Å². The number of fused-ring (bicyclic) bond motifs is 2. The van der Waals surface area contributed by atoms with Crippen LogP contribution in [0.15, 0.2) is 65.0 Å². The van der Waals surface area contributed by atoms with Crippen LogP contribution in [0.25, 0.3) is 10.1 Å². The fourth-order valence-electron chi connectivity index (χ4n) is 5.56. The summed E-state index contributed by atoms with van der Waals surface area (Å²) in [6.07, 6.45) is 3.62. The van der Waals surface area contributed by atoms with Crippen molar-refractivity contribution in [1.82, 2.24) is 14.5 Å². The Morgan fingerprint density at radius 3 is 2.60 bits per heavy atom. The van der Waals surface area contributed by atoms with Crippen molar-refractivity contribution in [3.8, 4) is 0 Å². The number of thiophene rings is 1. The molecule has 0 bridgehead atoms. The molecule has 42 heavy (non-hydrogen) atoms. The third kappa shape index (κ3) is 5.62. The standard InChI is InChI=1S/C32H37N5O4S/c1-6-37-26-10-9-22(18-27(26)34(4)30(39)32(2,3)31(37)40)19-35(20-24-8-7-13-33-25(24)21-41-5)15-16-36-14-11-23-12-17-42-28(23)29(36)38/h7-14,17-18H,6,15-16,19-21H2,1-5H3. The molecule has 0 spiro atoms. The molecule has 4 heterocycles. The van der Waals surface area contributed by atoms with Gasteiger partial charge >= 0.3 is 0 Å². The van der Waals surface area contributed by atoms with E-state index in [-0.39, 0.29) is 17.4 Å². The molecule has 0 radical (unpaired) electrons. The molecule has 0 saturated heterocycles. The fraction of sp³-hybridized carbons (Fsp3) is 0.375. The summed E-state index contributed by atoms with van der Waals surface area (Å²) in [5.41, 5.74) is 3.20. The van der Waals surface area contributed by atoms with Crippen molar-refractivity contribution in [2.24, 2.45) is 5.41 Å². The highest BCUT2D eigenvalue weighted by atomic mass is 32.1. The first kappa shape index (κ1) is 29.6. The largest absolute Gasteiger partial charge is 0.378 e. The molecular weight excluding hydrogens is 550 g/mol. The Hall–Kier alpha value is -3.86. The summed E-state index contributed by atoms with van der Waals surface area (Å²) in [6.45, 7) is 8.45. The molecule has 220 valence electrons. The molecule has 1 aliphatic rings. The maximum absolute atomic E-state index is 13.4. The van der Waals surface area contributed by atoms with Crippen molar-refractivity contribution in [2.45, 2.75) is 47.0 Å². The molecule has 1 aliphatic heterocycles. The average molecular weight is 588 g/mol. The summed E-state index contributed by atoms with van der Waals surface area (Å²) < 4.78 is 7.92.